The summed E-state index contributed by atoms with van der Waals surface area (Å²) in [5.41, 5.74) is 0.833. The van der Waals surface area contributed by atoms with Crippen molar-refractivity contribution >= 4 is 21.4 Å². The Morgan fingerprint density at radius 2 is 1.88 bits per heavy atom. The van der Waals surface area contributed by atoms with Crippen molar-refractivity contribution in [1.82, 2.24) is 14.5 Å². The third kappa shape index (κ3) is 3.60. The molecule has 1 aliphatic carbocycles. The van der Waals surface area contributed by atoms with Crippen molar-refractivity contribution in [3.63, 3.8) is 0 Å². The lowest BCUT2D eigenvalue weighted by Crippen LogP contribution is -2.32. The van der Waals surface area contributed by atoms with Crippen LogP contribution < -0.4 is 4.72 Å². The fourth-order valence-corrected chi connectivity index (χ4v) is 5.71. The van der Waals surface area contributed by atoms with Gasteiger partial charge in [-0.05, 0) is 42.3 Å². The van der Waals surface area contributed by atoms with Crippen molar-refractivity contribution in [3.8, 4) is 5.69 Å². The summed E-state index contributed by atoms with van der Waals surface area (Å²) < 4.78 is 30.5. The van der Waals surface area contributed by atoms with Crippen molar-refractivity contribution < 1.29 is 8.42 Å². The van der Waals surface area contributed by atoms with Gasteiger partial charge < -0.3 is 0 Å². The number of hydrogen-bond donors (Lipinski definition) is 1. The molecule has 3 aromatic rings. The van der Waals surface area contributed by atoms with Crippen LogP contribution in [0.2, 0.25) is 0 Å². The number of para-hydroxylation sites is 1. The number of aromatic nitrogens is 2. The summed E-state index contributed by atoms with van der Waals surface area (Å²) in [5, 5.41) is 6.22. The van der Waals surface area contributed by atoms with Gasteiger partial charge in [0, 0.05) is 4.88 Å². The predicted octanol–water partition coefficient (Wildman–Crippen LogP) is 4.14. The highest BCUT2D eigenvalue weighted by Gasteiger charge is 2.31. The smallest absolute Gasteiger partial charge is 0.240 e. The molecule has 1 fully saturated rings. The Labute approximate surface area is 157 Å². The molecule has 7 heteroatoms. The zero-order valence-corrected chi connectivity index (χ0v) is 15.9. The van der Waals surface area contributed by atoms with Crippen molar-refractivity contribution in [2.45, 2.75) is 36.6 Å². The highest BCUT2D eigenvalue weighted by molar-refractivity contribution is 7.89. The van der Waals surface area contributed by atoms with Gasteiger partial charge in [-0.25, -0.2) is 17.8 Å². The minimum Gasteiger partial charge on any atom is -0.240 e. The summed E-state index contributed by atoms with van der Waals surface area (Å²) in [7, 11) is -3.64. The van der Waals surface area contributed by atoms with E-state index in [-0.39, 0.29) is 10.9 Å². The second-order valence-electron chi connectivity index (χ2n) is 6.62. The van der Waals surface area contributed by atoms with Crippen LogP contribution in [0.4, 0.5) is 0 Å². The zero-order chi connectivity index (χ0) is 18.0. The van der Waals surface area contributed by atoms with E-state index in [4.69, 9.17) is 0 Å². The molecule has 0 radical (unpaired) electrons. The lowest BCUT2D eigenvalue weighted by molar-refractivity contribution is 0.415. The van der Waals surface area contributed by atoms with Gasteiger partial charge in [0.05, 0.1) is 24.1 Å². The number of rotatable bonds is 6. The van der Waals surface area contributed by atoms with Gasteiger partial charge in [-0.3, -0.25) is 0 Å². The minimum atomic E-state index is -3.64. The van der Waals surface area contributed by atoms with Crippen LogP contribution in [-0.2, 0) is 10.0 Å². The predicted molar refractivity (Wildman–Crippen MR) is 103 cm³/mol. The van der Waals surface area contributed by atoms with E-state index in [1.165, 1.54) is 19.0 Å². The molecular formula is C19H21N3O2S2. The number of nitrogens with one attached hydrogen (secondary N) is 1. The number of hydrogen-bond acceptors (Lipinski definition) is 4. The van der Waals surface area contributed by atoms with E-state index in [9.17, 15) is 8.42 Å². The summed E-state index contributed by atoms with van der Waals surface area (Å²) >= 11 is 1.61. The molecule has 0 spiro atoms. The Kier molecular flexibility index (Phi) is 4.93. The van der Waals surface area contributed by atoms with E-state index in [2.05, 4.69) is 9.82 Å². The van der Waals surface area contributed by atoms with Crippen LogP contribution in [0.5, 0.6) is 0 Å². The molecule has 0 saturated heterocycles. The van der Waals surface area contributed by atoms with Gasteiger partial charge in [0.1, 0.15) is 4.90 Å². The molecule has 136 valence electrons. The molecule has 5 nitrogen and oxygen atoms in total. The molecular weight excluding hydrogens is 366 g/mol. The first-order valence-corrected chi connectivity index (χ1v) is 11.2. The van der Waals surface area contributed by atoms with Gasteiger partial charge >= 0.3 is 0 Å². The van der Waals surface area contributed by atoms with Crippen LogP contribution in [0.1, 0.15) is 36.6 Å². The fraction of sp³-hybridized carbons (Fsp3) is 0.316. The molecule has 26 heavy (non-hydrogen) atoms. The van der Waals surface area contributed by atoms with E-state index in [1.54, 1.807) is 22.2 Å². The maximum atomic E-state index is 13.0. The standard InChI is InChI=1S/C19H21N3O2S2/c23-26(24,17-13-20-22(14-17)16-9-2-1-3-10-16)21-19(15-7-4-5-8-15)18-11-6-12-25-18/h1-3,6,9-15,19,21H,4-5,7-8H2. The van der Waals surface area contributed by atoms with Gasteiger partial charge in [-0.1, -0.05) is 37.1 Å². The Balaban J connectivity index is 1.60. The van der Waals surface area contributed by atoms with Gasteiger partial charge in [0.2, 0.25) is 10.0 Å². The summed E-state index contributed by atoms with van der Waals surface area (Å²) in [6.45, 7) is 0. The van der Waals surface area contributed by atoms with Crippen molar-refractivity contribution in [2.24, 2.45) is 5.92 Å². The van der Waals surface area contributed by atoms with E-state index < -0.39 is 10.0 Å². The first kappa shape index (κ1) is 17.5. The molecule has 1 aromatic carbocycles. The van der Waals surface area contributed by atoms with Crippen LogP contribution in [0.15, 0.2) is 65.1 Å². The molecule has 1 saturated carbocycles. The lowest BCUT2D eigenvalue weighted by atomic mass is 9.98. The summed E-state index contributed by atoms with van der Waals surface area (Å²) in [4.78, 5) is 1.27. The third-order valence-corrected chi connectivity index (χ3v) is 7.24. The SMILES string of the molecule is O=S(=O)(NC(c1cccs1)C1CCCC1)c1cnn(-c2ccccc2)c1. The highest BCUT2D eigenvalue weighted by Crippen LogP contribution is 2.38. The van der Waals surface area contributed by atoms with Crippen molar-refractivity contribution in [3.05, 3.63) is 65.1 Å². The first-order chi connectivity index (χ1) is 12.6. The van der Waals surface area contributed by atoms with Crippen LogP contribution in [0.3, 0.4) is 0 Å². The molecule has 1 atom stereocenters. The van der Waals surface area contributed by atoms with Gasteiger partial charge in [-0.2, -0.15) is 5.10 Å². The quantitative estimate of drug-likeness (QED) is 0.691. The zero-order valence-electron chi connectivity index (χ0n) is 14.3. The number of thiophene rings is 1. The number of sulfonamides is 1. The second-order valence-corrected chi connectivity index (χ2v) is 9.31. The number of nitrogens with zero attached hydrogens (tertiary/aromatic N) is 2. The Bertz CT molecular complexity index is 944. The normalized spacial score (nSPS) is 16.8. The van der Waals surface area contributed by atoms with Crippen molar-refractivity contribution in [1.29, 1.82) is 0 Å². The Hall–Kier alpha value is -1.96. The van der Waals surface area contributed by atoms with Gasteiger partial charge in [0.25, 0.3) is 0 Å². The van der Waals surface area contributed by atoms with Gasteiger partial charge in [-0.15, -0.1) is 11.3 Å². The average Bonchev–Trinajstić information content (AvgIpc) is 3.43. The van der Waals surface area contributed by atoms with E-state index in [1.807, 2.05) is 47.8 Å². The van der Waals surface area contributed by atoms with E-state index in [0.717, 1.165) is 23.4 Å². The number of benzene rings is 1. The molecule has 1 N–H and O–H groups in total. The lowest BCUT2D eigenvalue weighted by Gasteiger charge is -2.23. The Morgan fingerprint density at radius 1 is 1.12 bits per heavy atom. The maximum Gasteiger partial charge on any atom is 0.244 e. The molecule has 1 unspecified atom stereocenters. The van der Waals surface area contributed by atoms with E-state index in [0.29, 0.717) is 5.92 Å². The molecule has 2 heterocycles. The first-order valence-electron chi connectivity index (χ1n) is 8.79. The van der Waals surface area contributed by atoms with Crippen LogP contribution in [0, 0.1) is 5.92 Å². The molecule has 0 amide bonds. The van der Waals surface area contributed by atoms with Crippen LogP contribution in [-0.4, -0.2) is 18.2 Å². The Morgan fingerprint density at radius 3 is 2.58 bits per heavy atom. The largest absolute Gasteiger partial charge is 0.244 e. The minimum absolute atomic E-state index is 0.164. The molecule has 4 rings (SSSR count). The molecule has 0 bridgehead atoms. The topological polar surface area (TPSA) is 64.0 Å². The van der Waals surface area contributed by atoms with Crippen molar-refractivity contribution in [2.75, 3.05) is 0 Å². The highest BCUT2D eigenvalue weighted by atomic mass is 32.2. The molecule has 2 aromatic heterocycles. The van der Waals surface area contributed by atoms with Crippen LogP contribution in [0.25, 0.3) is 5.69 Å². The summed E-state index contributed by atoms with van der Waals surface area (Å²) in [6.07, 6.45) is 7.44. The van der Waals surface area contributed by atoms with Crippen LogP contribution >= 0.6 is 11.3 Å². The second kappa shape index (κ2) is 7.34. The fourth-order valence-electron chi connectivity index (χ4n) is 3.55. The maximum absolute atomic E-state index is 13.0. The van der Waals surface area contributed by atoms with Gasteiger partial charge in [0.15, 0.2) is 0 Å². The third-order valence-electron chi connectivity index (χ3n) is 4.89. The molecule has 1 aliphatic rings. The summed E-state index contributed by atoms with van der Waals surface area (Å²) in [6, 6.07) is 13.3. The monoisotopic (exact) mass is 387 g/mol. The summed E-state index contributed by atoms with van der Waals surface area (Å²) in [5.74, 6) is 0.354. The average molecular weight is 388 g/mol. The van der Waals surface area contributed by atoms with E-state index >= 15 is 0 Å². The molecule has 0 aliphatic heterocycles.